The number of nitrogens with two attached hydrogens (primary N) is 1. The molecule has 1 fully saturated rings. The lowest BCUT2D eigenvalue weighted by atomic mass is 10.0. The van der Waals surface area contributed by atoms with Gasteiger partial charge >= 0.3 is 0 Å². The summed E-state index contributed by atoms with van der Waals surface area (Å²) in [5.74, 6) is 0.417. The van der Waals surface area contributed by atoms with Crippen molar-refractivity contribution in [3.8, 4) is 0 Å². The second-order valence-electron chi connectivity index (χ2n) is 7.05. The van der Waals surface area contributed by atoms with Crippen LogP contribution in [0.1, 0.15) is 33.2 Å². The van der Waals surface area contributed by atoms with Gasteiger partial charge in [-0.15, -0.1) is 5.10 Å². The van der Waals surface area contributed by atoms with Crippen molar-refractivity contribution in [1.82, 2.24) is 20.1 Å². The van der Waals surface area contributed by atoms with Crippen molar-refractivity contribution in [3.63, 3.8) is 0 Å². The average Bonchev–Trinajstić information content (AvgIpc) is 3.25. The lowest BCUT2D eigenvalue weighted by Crippen LogP contribution is -2.43. The third-order valence-corrected chi connectivity index (χ3v) is 5.78. The summed E-state index contributed by atoms with van der Waals surface area (Å²) in [6, 6.07) is 8.90. The largest absolute Gasteiger partial charge is 0.383 e. The maximum atomic E-state index is 13.4. The molecule has 148 valence electrons. The normalized spacial score (nSPS) is 18.8. The fourth-order valence-electron chi connectivity index (χ4n) is 3.87. The van der Waals surface area contributed by atoms with E-state index in [0.717, 1.165) is 22.0 Å². The lowest BCUT2D eigenvalue weighted by molar-refractivity contribution is -0.00414. The zero-order valence-electron chi connectivity index (χ0n) is 15.5. The number of nitrogens with zero attached hydrogens (tertiary/aromatic N) is 4. The molecule has 2 N–H and O–H groups in total. The van der Waals surface area contributed by atoms with E-state index in [1.54, 1.807) is 11.0 Å². The Bertz CT molecular complexity index is 1110. The number of aromatic nitrogens is 3. The third kappa shape index (κ3) is 3.25. The Hall–Kier alpha value is -2.62. The second-order valence-corrected chi connectivity index (χ2v) is 7.86. The van der Waals surface area contributed by atoms with E-state index in [-0.39, 0.29) is 11.9 Å². The molecule has 29 heavy (non-hydrogen) atoms. The summed E-state index contributed by atoms with van der Waals surface area (Å²) in [6.07, 6.45) is 0. The van der Waals surface area contributed by atoms with Gasteiger partial charge in [0.15, 0.2) is 0 Å². The van der Waals surface area contributed by atoms with Crippen LogP contribution in [0.4, 0.5) is 5.82 Å². The maximum absolute atomic E-state index is 13.4. The van der Waals surface area contributed by atoms with Crippen molar-refractivity contribution in [2.45, 2.75) is 19.3 Å². The van der Waals surface area contributed by atoms with Gasteiger partial charge in [0.05, 0.1) is 43.7 Å². The number of rotatable bonds is 2. The number of carbonyl (C=O) groups excluding carboxylic acids is 1. The number of pyridine rings is 1. The highest BCUT2D eigenvalue weighted by atomic mass is 79.9. The molecule has 0 saturated carbocycles. The van der Waals surface area contributed by atoms with E-state index in [9.17, 15) is 4.79 Å². The summed E-state index contributed by atoms with van der Waals surface area (Å²) < 4.78 is 11.8. The highest BCUT2D eigenvalue weighted by molar-refractivity contribution is 9.10. The Balaban J connectivity index is 1.52. The quantitative estimate of drug-likeness (QED) is 0.632. The second kappa shape index (κ2) is 7.33. The summed E-state index contributed by atoms with van der Waals surface area (Å²) in [7, 11) is 0. The van der Waals surface area contributed by atoms with Gasteiger partial charge in [-0.05, 0) is 51.8 Å². The zero-order chi connectivity index (χ0) is 20.0. The van der Waals surface area contributed by atoms with Gasteiger partial charge < -0.3 is 20.1 Å². The summed E-state index contributed by atoms with van der Waals surface area (Å²) >= 11 is 3.29. The van der Waals surface area contributed by atoms with Crippen LogP contribution in [0.5, 0.6) is 0 Å². The minimum atomic E-state index is -0.286. The Morgan fingerprint density at radius 2 is 2.00 bits per heavy atom. The van der Waals surface area contributed by atoms with E-state index < -0.39 is 0 Å². The first-order chi connectivity index (χ1) is 14.1. The topological polar surface area (TPSA) is 103 Å². The number of nitrogen functional groups attached to an aromatic ring is 1. The Morgan fingerprint density at radius 1 is 1.14 bits per heavy atom. The molecule has 0 aliphatic carbocycles. The van der Waals surface area contributed by atoms with Crippen molar-refractivity contribution in [2.75, 3.05) is 25.5 Å². The van der Waals surface area contributed by atoms with Crippen LogP contribution >= 0.6 is 15.9 Å². The van der Waals surface area contributed by atoms with Gasteiger partial charge in [-0.25, -0.2) is 4.98 Å². The average molecular weight is 456 g/mol. The number of morpholine rings is 1. The van der Waals surface area contributed by atoms with Gasteiger partial charge in [-0.2, -0.15) is 5.10 Å². The summed E-state index contributed by atoms with van der Waals surface area (Å²) in [5.41, 5.74) is 10.0. The molecule has 2 aliphatic heterocycles. The number of hydrogen-bond donors (Lipinski definition) is 1. The Kier molecular flexibility index (Phi) is 4.65. The van der Waals surface area contributed by atoms with Crippen molar-refractivity contribution >= 4 is 38.6 Å². The smallest absolute Gasteiger partial charge is 0.254 e. The number of benzene rings is 1. The SMILES string of the molecule is Nc1nc2ccc(C(=O)N3CCOCC3c3ccc(Br)nn3)cc2c2c1COC2. The fourth-order valence-corrected chi connectivity index (χ4v) is 4.08. The molecule has 2 aromatic heterocycles. The molecule has 9 heteroatoms. The maximum Gasteiger partial charge on any atom is 0.254 e. The molecule has 0 radical (unpaired) electrons. The molecule has 0 spiro atoms. The van der Waals surface area contributed by atoms with E-state index in [1.165, 1.54) is 0 Å². The summed E-state index contributed by atoms with van der Waals surface area (Å²) in [6.45, 7) is 2.29. The number of amides is 1. The van der Waals surface area contributed by atoms with Crippen LogP contribution in [0.3, 0.4) is 0 Å². The number of halogens is 1. The van der Waals surface area contributed by atoms with Crippen LogP contribution in [-0.2, 0) is 22.7 Å². The molecule has 1 amide bonds. The molecule has 1 atom stereocenters. The first-order valence-electron chi connectivity index (χ1n) is 9.28. The zero-order valence-corrected chi connectivity index (χ0v) is 17.1. The van der Waals surface area contributed by atoms with Gasteiger partial charge in [-0.3, -0.25) is 4.79 Å². The number of anilines is 1. The molecule has 1 saturated heterocycles. The molecule has 0 bridgehead atoms. The molecule has 4 heterocycles. The van der Waals surface area contributed by atoms with E-state index in [4.69, 9.17) is 15.2 Å². The molecular formula is C20H18BrN5O3. The van der Waals surface area contributed by atoms with Gasteiger partial charge in [0, 0.05) is 23.1 Å². The van der Waals surface area contributed by atoms with E-state index >= 15 is 0 Å². The minimum Gasteiger partial charge on any atom is -0.383 e. The predicted octanol–water partition coefficient (Wildman–Crippen LogP) is 2.61. The van der Waals surface area contributed by atoms with E-state index in [0.29, 0.717) is 54.7 Å². The predicted molar refractivity (Wildman–Crippen MR) is 109 cm³/mol. The lowest BCUT2D eigenvalue weighted by Gasteiger charge is -2.35. The molecule has 1 aromatic carbocycles. The highest BCUT2D eigenvalue weighted by Crippen LogP contribution is 2.32. The van der Waals surface area contributed by atoms with Crippen molar-refractivity contribution in [3.05, 3.63) is 57.3 Å². The molecule has 8 nitrogen and oxygen atoms in total. The van der Waals surface area contributed by atoms with E-state index in [2.05, 4.69) is 31.1 Å². The van der Waals surface area contributed by atoms with Crippen molar-refractivity contribution in [2.24, 2.45) is 0 Å². The van der Waals surface area contributed by atoms with Gasteiger partial charge in [0.25, 0.3) is 5.91 Å². The number of ether oxygens (including phenoxy) is 2. The number of hydrogen-bond acceptors (Lipinski definition) is 7. The fraction of sp³-hybridized carbons (Fsp3) is 0.300. The van der Waals surface area contributed by atoms with Gasteiger partial charge in [0.2, 0.25) is 0 Å². The Morgan fingerprint density at radius 3 is 2.83 bits per heavy atom. The molecular weight excluding hydrogens is 438 g/mol. The van der Waals surface area contributed by atoms with Crippen LogP contribution in [0.25, 0.3) is 10.9 Å². The molecule has 3 aromatic rings. The standard InChI is InChI=1S/C20H18BrN5O3/c21-18-4-3-16(24-25-18)17-10-28-6-5-26(17)20(27)11-1-2-15-12(7-11)13-8-29-9-14(13)19(22)23-15/h1-4,7,17H,5-6,8-10H2,(H2,22,23). The van der Waals surface area contributed by atoms with Gasteiger partial charge in [-0.1, -0.05) is 0 Å². The van der Waals surface area contributed by atoms with Crippen molar-refractivity contribution in [1.29, 1.82) is 0 Å². The van der Waals surface area contributed by atoms with Crippen LogP contribution in [0.15, 0.2) is 34.9 Å². The van der Waals surface area contributed by atoms with Crippen LogP contribution < -0.4 is 5.73 Å². The summed E-state index contributed by atoms with van der Waals surface area (Å²) in [4.78, 5) is 19.7. The highest BCUT2D eigenvalue weighted by Gasteiger charge is 2.31. The van der Waals surface area contributed by atoms with Crippen LogP contribution in [0.2, 0.25) is 0 Å². The van der Waals surface area contributed by atoms with Crippen LogP contribution in [0, 0.1) is 0 Å². The van der Waals surface area contributed by atoms with Crippen molar-refractivity contribution < 1.29 is 14.3 Å². The number of carbonyl (C=O) groups is 1. The molecule has 1 unspecified atom stereocenters. The first kappa shape index (κ1) is 18.4. The minimum absolute atomic E-state index is 0.0746. The van der Waals surface area contributed by atoms with Crippen LogP contribution in [-0.4, -0.2) is 45.7 Å². The summed E-state index contributed by atoms with van der Waals surface area (Å²) in [5, 5.41) is 9.18. The van der Waals surface area contributed by atoms with E-state index in [1.807, 2.05) is 24.3 Å². The number of fused-ring (bicyclic) bond motifs is 3. The molecule has 5 rings (SSSR count). The first-order valence-corrected chi connectivity index (χ1v) is 10.1. The van der Waals surface area contributed by atoms with Gasteiger partial charge in [0.1, 0.15) is 10.4 Å². The monoisotopic (exact) mass is 455 g/mol. The Labute approximate surface area is 175 Å². The third-order valence-electron chi connectivity index (χ3n) is 5.36. The molecule has 2 aliphatic rings.